The molecule has 1 N–H and O–H groups in total. The quantitative estimate of drug-likeness (QED) is 0.525. The molecule has 0 saturated carbocycles. The van der Waals surface area contributed by atoms with Crippen molar-refractivity contribution >= 4 is 0 Å². The van der Waals surface area contributed by atoms with Crippen molar-refractivity contribution in [2.24, 2.45) is 5.92 Å². The predicted octanol–water partition coefficient (Wildman–Crippen LogP) is 3.93. The Labute approximate surface area is 128 Å². The minimum atomic E-state index is -0.766. The van der Waals surface area contributed by atoms with Crippen molar-refractivity contribution in [2.45, 2.75) is 58.2 Å². The van der Waals surface area contributed by atoms with E-state index in [-0.39, 0.29) is 6.61 Å². The molecule has 2 rings (SSSR count). The number of epoxide rings is 1. The average molecular weight is 292 g/mol. The van der Waals surface area contributed by atoms with Gasteiger partial charge in [-0.3, -0.25) is 0 Å². The summed E-state index contributed by atoms with van der Waals surface area (Å²) in [6.45, 7) is 4.96. The number of unbranched alkanes of at least 4 members (excludes halogenated alkanes) is 3. The molecular weight excluding hydrogens is 264 g/mol. The monoisotopic (exact) mass is 292 g/mol. The summed E-state index contributed by atoms with van der Waals surface area (Å²) in [7, 11) is 0. The maximum absolute atomic E-state index is 9.14. The molecule has 0 spiro atoms. The fourth-order valence-corrected chi connectivity index (χ4v) is 2.44. The van der Waals surface area contributed by atoms with Crippen LogP contribution >= 0.6 is 0 Å². The molecule has 0 bridgehead atoms. The first kappa shape index (κ1) is 16.3. The van der Waals surface area contributed by atoms with Crippen LogP contribution in [0.25, 0.3) is 0 Å². The van der Waals surface area contributed by atoms with Crippen LogP contribution in [0.2, 0.25) is 0 Å². The molecule has 1 aromatic carbocycles. The summed E-state index contributed by atoms with van der Waals surface area (Å²) in [5.74, 6) is 0.829. The van der Waals surface area contributed by atoms with Gasteiger partial charge in [-0.2, -0.15) is 0 Å². The van der Waals surface area contributed by atoms with E-state index in [2.05, 4.69) is 26.0 Å². The lowest BCUT2D eigenvalue weighted by molar-refractivity contribution is 0.00854. The molecule has 118 valence electrons. The summed E-state index contributed by atoms with van der Waals surface area (Å²) >= 11 is 0. The standard InChI is InChI=1S/C18H28O3/c1-15(2)7-5-3-4-6-8-16-9-11-17(12-10-16)21-18(13-19)14-20-18/h9-12,15,19H,3-8,13-14H2,1-2H3/t18-/m0/s1. The van der Waals surface area contributed by atoms with Crippen LogP contribution in [-0.4, -0.2) is 24.1 Å². The zero-order chi connectivity index (χ0) is 15.1. The van der Waals surface area contributed by atoms with Crippen molar-refractivity contribution in [1.82, 2.24) is 0 Å². The van der Waals surface area contributed by atoms with E-state index in [0.717, 1.165) is 18.1 Å². The second-order valence-electron chi connectivity index (χ2n) is 6.45. The molecule has 1 aliphatic heterocycles. The van der Waals surface area contributed by atoms with E-state index in [0.29, 0.717) is 6.61 Å². The number of benzene rings is 1. The van der Waals surface area contributed by atoms with Crippen molar-refractivity contribution in [3.8, 4) is 5.75 Å². The zero-order valence-corrected chi connectivity index (χ0v) is 13.3. The summed E-state index contributed by atoms with van der Waals surface area (Å²) in [5.41, 5.74) is 1.35. The smallest absolute Gasteiger partial charge is 0.257 e. The Morgan fingerprint density at radius 2 is 1.81 bits per heavy atom. The molecule has 3 nitrogen and oxygen atoms in total. The summed E-state index contributed by atoms with van der Waals surface area (Å²) < 4.78 is 10.8. The van der Waals surface area contributed by atoms with Crippen molar-refractivity contribution in [3.63, 3.8) is 0 Å². The number of hydrogen-bond acceptors (Lipinski definition) is 3. The molecular formula is C18H28O3. The SMILES string of the molecule is CC(C)CCCCCCc1ccc(O[C@@]2(CO)CO2)cc1. The molecule has 0 aromatic heterocycles. The molecule has 1 saturated heterocycles. The van der Waals surface area contributed by atoms with Gasteiger partial charge in [0.05, 0.1) is 0 Å². The molecule has 1 aliphatic rings. The van der Waals surface area contributed by atoms with Crippen LogP contribution in [0.15, 0.2) is 24.3 Å². The predicted molar refractivity (Wildman–Crippen MR) is 84.5 cm³/mol. The zero-order valence-electron chi connectivity index (χ0n) is 13.3. The molecule has 1 atom stereocenters. The first-order valence-corrected chi connectivity index (χ1v) is 8.16. The number of aliphatic hydroxyl groups excluding tert-OH is 1. The van der Waals surface area contributed by atoms with E-state index in [4.69, 9.17) is 14.6 Å². The highest BCUT2D eigenvalue weighted by Crippen LogP contribution is 2.30. The van der Waals surface area contributed by atoms with Gasteiger partial charge >= 0.3 is 0 Å². The Morgan fingerprint density at radius 1 is 1.14 bits per heavy atom. The van der Waals surface area contributed by atoms with Gasteiger partial charge in [0.2, 0.25) is 0 Å². The maximum atomic E-state index is 9.14. The third kappa shape index (κ3) is 5.68. The molecule has 1 aromatic rings. The van der Waals surface area contributed by atoms with Crippen molar-refractivity contribution < 1.29 is 14.6 Å². The van der Waals surface area contributed by atoms with Gasteiger partial charge in [0.1, 0.15) is 19.0 Å². The van der Waals surface area contributed by atoms with Crippen molar-refractivity contribution in [2.75, 3.05) is 13.2 Å². The summed E-state index contributed by atoms with van der Waals surface area (Å²) in [5, 5.41) is 9.14. The molecule has 0 unspecified atom stereocenters. The van der Waals surface area contributed by atoms with Gasteiger partial charge in [-0.05, 0) is 36.5 Å². The van der Waals surface area contributed by atoms with E-state index in [9.17, 15) is 0 Å². The van der Waals surface area contributed by atoms with Crippen LogP contribution < -0.4 is 4.74 Å². The Kier molecular flexibility index (Phi) is 6.07. The Bertz CT molecular complexity index is 407. The summed E-state index contributed by atoms with van der Waals surface area (Å²) in [4.78, 5) is 0. The summed E-state index contributed by atoms with van der Waals surface area (Å²) in [6.07, 6.45) is 7.74. The number of rotatable bonds is 10. The first-order valence-electron chi connectivity index (χ1n) is 8.16. The van der Waals surface area contributed by atoms with Crippen molar-refractivity contribution in [1.29, 1.82) is 0 Å². The average Bonchev–Trinajstić information content (AvgIpc) is 3.24. The van der Waals surface area contributed by atoms with Crippen LogP contribution in [-0.2, 0) is 11.2 Å². The van der Waals surface area contributed by atoms with Crippen molar-refractivity contribution in [3.05, 3.63) is 29.8 Å². The number of hydrogen-bond donors (Lipinski definition) is 1. The second kappa shape index (κ2) is 7.81. The Hall–Kier alpha value is -1.06. The highest BCUT2D eigenvalue weighted by Gasteiger charge is 2.47. The van der Waals surface area contributed by atoms with Crippen LogP contribution in [0.1, 0.15) is 51.5 Å². The first-order chi connectivity index (χ1) is 10.1. The second-order valence-corrected chi connectivity index (χ2v) is 6.45. The molecule has 0 amide bonds. The number of aryl methyl sites for hydroxylation is 1. The van der Waals surface area contributed by atoms with Gasteiger partial charge in [-0.25, -0.2) is 0 Å². The highest BCUT2D eigenvalue weighted by molar-refractivity contribution is 5.28. The highest BCUT2D eigenvalue weighted by atomic mass is 16.8. The Morgan fingerprint density at radius 3 is 2.38 bits per heavy atom. The molecule has 1 heterocycles. The number of ether oxygens (including phenoxy) is 2. The fraction of sp³-hybridized carbons (Fsp3) is 0.667. The topological polar surface area (TPSA) is 42.0 Å². The van der Waals surface area contributed by atoms with E-state index in [1.54, 1.807) is 0 Å². The lowest BCUT2D eigenvalue weighted by atomic mass is 10.0. The van der Waals surface area contributed by atoms with Gasteiger partial charge in [-0.1, -0.05) is 51.7 Å². The van der Waals surface area contributed by atoms with Crippen LogP contribution in [0, 0.1) is 5.92 Å². The van der Waals surface area contributed by atoms with Gasteiger partial charge in [0.15, 0.2) is 0 Å². The van der Waals surface area contributed by atoms with E-state index < -0.39 is 5.79 Å². The lowest BCUT2D eigenvalue weighted by Crippen LogP contribution is -2.24. The molecule has 1 fully saturated rings. The minimum absolute atomic E-state index is 0.0921. The van der Waals surface area contributed by atoms with E-state index >= 15 is 0 Å². The largest absolute Gasteiger partial charge is 0.457 e. The Balaban J connectivity index is 1.63. The van der Waals surface area contributed by atoms with E-state index in [1.165, 1.54) is 37.7 Å². The van der Waals surface area contributed by atoms with Gasteiger partial charge in [0.25, 0.3) is 5.79 Å². The number of aliphatic hydroxyl groups is 1. The third-order valence-electron chi connectivity index (χ3n) is 3.93. The molecule has 21 heavy (non-hydrogen) atoms. The van der Waals surface area contributed by atoms with Crippen LogP contribution in [0.5, 0.6) is 5.75 Å². The summed E-state index contributed by atoms with van der Waals surface area (Å²) in [6, 6.07) is 8.15. The van der Waals surface area contributed by atoms with Crippen LogP contribution in [0.4, 0.5) is 0 Å². The van der Waals surface area contributed by atoms with Crippen LogP contribution in [0.3, 0.4) is 0 Å². The molecule has 3 heteroatoms. The van der Waals surface area contributed by atoms with Gasteiger partial charge in [-0.15, -0.1) is 0 Å². The molecule has 0 radical (unpaired) electrons. The fourth-order valence-electron chi connectivity index (χ4n) is 2.44. The normalized spacial score (nSPS) is 20.8. The maximum Gasteiger partial charge on any atom is 0.257 e. The van der Waals surface area contributed by atoms with E-state index in [1.807, 2.05) is 12.1 Å². The lowest BCUT2D eigenvalue weighted by Gasteiger charge is -2.12. The molecule has 0 aliphatic carbocycles. The minimum Gasteiger partial charge on any atom is -0.457 e. The van der Waals surface area contributed by atoms with Gasteiger partial charge < -0.3 is 14.6 Å². The third-order valence-corrected chi connectivity index (χ3v) is 3.93. The van der Waals surface area contributed by atoms with Gasteiger partial charge in [0, 0.05) is 0 Å².